The van der Waals surface area contributed by atoms with Crippen LogP contribution in [0, 0.1) is 11.3 Å². The quantitative estimate of drug-likeness (QED) is 0.242. The summed E-state index contributed by atoms with van der Waals surface area (Å²) in [6.45, 7) is 2.83. The van der Waals surface area contributed by atoms with E-state index in [1.807, 2.05) is 42.5 Å². The second-order valence-corrected chi connectivity index (χ2v) is 11.6. The molecule has 3 aromatic rings. The maximum atomic E-state index is 13.6. The fourth-order valence-electron chi connectivity index (χ4n) is 4.26. The van der Waals surface area contributed by atoms with Crippen LogP contribution in [-0.2, 0) is 17.8 Å². The summed E-state index contributed by atoms with van der Waals surface area (Å²) < 4.78 is 68.2. The lowest BCUT2D eigenvalue weighted by Gasteiger charge is -2.41. The molecule has 0 saturated carbocycles. The van der Waals surface area contributed by atoms with Crippen LogP contribution in [0.4, 0.5) is 29.9 Å². The molecule has 1 saturated heterocycles. The predicted molar refractivity (Wildman–Crippen MR) is 131 cm³/mol. The molecule has 0 spiro atoms. The topological polar surface area (TPSA) is 64.4 Å². The number of nitriles is 1. The molecule has 37 heavy (non-hydrogen) atoms. The zero-order valence-corrected chi connectivity index (χ0v) is 20.6. The van der Waals surface area contributed by atoms with E-state index in [1.165, 1.54) is 18.7 Å². The molecule has 194 valence electrons. The van der Waals surface area contributed by atoms with E-state index in [0.29, 0.717) is 17.4 Å². The van der Waals surface area contributed by atoms with Crippen molar-refractivity contribution in [3.05, 3.63) is 95.1 Å². The Labute approximate surface area is 210 Å². The van der Waals surface area contributed by atoms with Crippen LogP contribution in [-0.4, -0.2) is 22.4 Å². The first-order valence-electron chi connectivity index (χ1n) is 11.1. The maximum Gasteiger partial charge on any atom is 0.332 e. The smallest absolute Gasteiger partial charge is 0.305 e. The Balaban J connectivity index is 1.72. The van der Waals surface area contributed by atoms with Crippen LogP contribution in [0.3, 0.4) is 0 Å². The third-order valence-electron chi connectivity index (χ3n) is 6.27. The Hall–Kier alpha value is -3.91. The monoisotopic (exact) mass is 535 g/mol. The van der Waals surface area contributed by atoms with Crippen molar-refractivity contribution in [2.24, 2.45) is 0 Å². The molecular formula is C26H22F5N3O2S. The van der Waals surface area contributed by atoms with E-state index < -0.39 is 43.8 Å². The molecule has 11 heteroatoms. The molecule has 0 aliphatic carbocycles. The first-order chi connectivity index (χ1) is 17.0. The summed E-state index contributed by atoms with van der Waals surface area (Å²) in [5.41, 5.74) is -0.862. The normalized spacial score (nSPS) is 17.4. The lowest BCUT2D eigenvalue weighted by atomic mass is 9.97. The number of benzene rings is 3. The molecule has 0 radical (unpaired) electrons. The Morgan fingerprint density at radius 1 is 0.865 bits per heavy atom. The highest BCUT2D eigenvalue weighted by atomic mass is 32.5. The number of urea groups is 1. The number of carbonyl (C=O) groups excluding carboxylic acids is 2. The van der Waals surface area contributed by atoms with Gasteiger partial charge in [-0.25, -0.2) is 9.69 Å². The molecular weight excluding hydrogens is 513 g/mol. The SMILES string of the molecule is CC1(C)C(=O)N(c2ccc(C#N)c(S(F)(F)(F)(F)F)c2)C(=O)N1Cc1ccccc1Cc1ccccc1. The molecule has 0 N–H and O–H groups in total. The number of hydrogen-bond donors (Lipinski definition) is 0. The van der Waals surface area contributed by atoms with Crippen molar-refractivity contribution in [1.29, 1.82) is 5.26 Å². The molecule has 5 nitrogen and oxygen atoms in total. The summed E-state index contributed by atoms with van der Waals surface area (Å²) in [5.74, 6) is -0.879. The third kappa shape index (κ3) is 5.02. The van der Waals surface area contributed by atoms with Gasteiger partial charge < -0.3 is 4.90 Å². The van der Waals surface area contributed by atoms with Crippen molar-refractivity contribution in [3.8, 4) is 6.07 Å². The minimum Gasteiger partial charge on any atom is -0.305 e. The number of nitrogens with zero attached hydrogens (tertiary/aromatic N) is 3. The van der Waals surface area contributed by atoms with Crippen molar-refractivity contribution in [1.82, 2.24) is 4.90 Å². The summed E-state index contributed by atoms with van der Waals surface area (Å²) in [6, 6.07) is 18.3. The molecule has 1 fully saturated rings. The van der Waals surface area contributed by atoms with Gasteiger partial charge in [-0.3, -0.25) is 4.79 Å². The number of amides is 3. The highest BCUT2D eigenvalue weighted by Crippen LogP contribution is 3.02. The van der Waals surface area contributed by atoms with Crippen LogP contribution in [0.5, 0.6) is 0 Å². The number of carbonyl (C=O) groups is 2. The second-order valence-electron chi connectivity index (χ2n) is 9.26. The summed E-state index contributed by atoms with van der Waals surface area (Å²) in [7, 11) is -10.3. The number of hydrogen-bond acceptors (Lipinski definition) is 3. The van der Waals surface area contributed by atoms with Gasteiger partial charge in [0.25, 0.3) is 5.91 Å². The Bertz CT molecular complexity index is 1450. The lowest BCUT2D eigenvalue weighted by Crippen LogP contribution is -2.43. The number of halogens is 5. The van der Waals surface area contributed by atoms with Crippen molar-refractivity contribution < 1.29 is 29.0 Å². The second kappa shape index (κ2) is 8.05. The van der Waals surface area contributed by atoms with Gasteiger partial charge in [-0.15, -0.1) is 0 Å². The highest BCUT2D eigenvalue weighted by Gasteiger charge is 2.67. The molecule has 1 aliphatic rings. The maximum absolute atomic E-state index is 13.6. The first-order valence-corrected chi connectivity index (χ1v) is 13.0. The third-order valence-corrected chi connectivity index (χ3v) is 7.44. The Morgan fingerprint density at radius 2 is 1.46 bits per heavy atom. The van der Waals surface area contributed by atoms with Crippen LogP contribution < -0.4 is 4.90 Å². The van der Waals surface area contributed by atoms with Crippen molar-refractivity contribution in [2.75, 3.05) is 4.90 Å². The number of anilines is 1. The zero-order valence-electron chi connectivity index (χ0n) is 19.8. The molecule has 0 aromatic heterocycles. The van der Waals surface area contributed by atoms with E-state index in [9.17, 15) is 29.0 Å². The van der Waals surface area contributed by atoms with Crippen LogP contribution in [0.1, 0.15) is 36.1 Å². The minimum atomic E-state index is -10.3. The van der Waals surface area contributed by atoms with Crippen LogP contribution >= 0.6 is 10.2 Å². The first kappa shape index (κ1) is 26.2. The van der Waals surface area contributed by atoms with Crippen molar-refractivity contribution in [3.63, 3.8) is 0 Å². The van der Waals surface area contributed by atoms with Gasteiger partial charge in [0.1, 0.15) is 16.5 Å². The number of rotatable bonds is 6. The minimum absolute atomic E-state index is 0.00115. The van der Waals surface area contributed by atoms with Crippen molar-refractivity contribution in [2.45, 2.75) is 37.2 Å². The van der Waals surface area contributed by atoms with E-state index in [4.69, 9.17) is 5.26 Å². The fraction of sp³-hybridized carbons (Fsp3) is 0.192. The van der Waals surface area contributed by atoms with Gasteiger partial charge in [0, 0.05) is 6.54 Å². The fourth-order valence-corrected chi connectivity index (χ4v) is 5.13. The average molecular weight is 536 g/mol. The van der Waals surface area contributed by atoms with Gasteiger partial charge >= 0.3 is 16.3 Å². The highest BCUT2D eigenvalue weighted by molar-refractivity contribution is 8.45. The van der Waals surface area contributed by atoms with Gasteiger partial charge in [-0.2, -0.15) is 5.26 Å². The summed E-state index contributed by atoms with van der Waals surface area (Å²) in [6.07, 6.45) is 0.542. The van der Waals surface area contributed by atoms with E-state index in [0.717, 1.165) is 28.8 Å². The van der Waals surface area contributed by atoms with Crippen LogP contribution in [0.25, 0.3) is 0 Å². The van der Waals surface area contributed by atoms with Gasteiger partial charge in [0.2, 0.25) is 0 Å². The molecule has 1 aliphatic heterocycles. The molecule has 0 bridgehead atoms. The predicted octanol–water partition coefficient (Wildman–Crippen LogP) is 7.55. The van der Waals surface area contributed by atoms with Gasteiger partial charge in [0.05, 0.1) is 11.3 Å². The molecule has 0 atom stereocenters. The average Bonchev–Trinajstić information content (AvgIpc) is 2.98. The van der Waals surface area contributed by atoms with Crippen molar-refractivity contribution >= 4 is 27.8 Å². The summed E-state index contributed by atoms with van der Waals surface area (Å²) in [4.78, 5) is 25.8. The largest absolute Gasteiger partial charge is 0.332 e. The van der Waals surface area contributed by atoms with E-state index in [2.05, 4.69) is 0 Å². The lowest BCUT2D eigenvalue weighted by molar-refractivity contribution is -0.123. The molecule has 0 unspecified atom stereocenters. The number of imide groups is 1. The van der Waals surface area contributed by atoms with Gasteiger partial charge in [-0.1, -0.05) is 74.0 Å². The Kier molecular flexibility index (Phi) is 5.69. The Morgan fingerprint density at radius 3 is 2.05 bits per heavy atom. The molecule has 4 rings (SSSR count). The summed E-state index contributed by atoms with van der Waals surface area (Å²) in [5, 5.41) is 8.97. The van der Waals surface area contributed by atoms with E-state index >= 15 is 0 Å². The standard InChI is InChI=1S/C26H22F5N3O2S/c1-26(2)24(35)34(22-13-12-20(16-32)23(15-22)37(27,28,29,30)31)25(36)33(26)17-21-11-7-6-10-19(21)14-18-8-4-3-5-9-18/h3-13,15H,14,17H2,1-2H3. The molecule has 3 aromatic carbocycles. The van der Waals surface area contributed by atoms with Gasteiger partial charge in [-0.05, 0) is 55.2 Å². The molecule has 3 amide bonds. The van der Waals surface area contributed by atoms with Gasteiger partial charge in [0.15, 0.2) is 0 Å². The molecule has 1 heterocycles. The van der Waals surface area contributed by atoms with E-state index in [-0.39, 0.29) is 12.6 Å². The van der Waals surface area contributed by atoms with Crippen LogP contribution in [0.15, 0.2) is 77.7 Å². The van der Waals surface area contributed by atoms with Crippen LogP contribution in [0.2, 0.25) is 0 Å². The van der Waals surface area contributed by atoms with E-state index in [1.54, 1.807) is 12.1 Å². The zero-order chi connectivity index (χ0) is 27.3. The summed E-state index contributed by atoms with van der Waals surface area (Å²) >= 11 is 0.